The number of amides is 1. The number of hydrogen-bond donors (Lipinski definition) is 4. The Hall–Kier alpha value is -4.34. The van der Waals surface area contributed by atoms with Crippen molar-refractivity contribution in [2.75, 3.05) is 11.3 Å². The quantitative estimate of drug-likeness (QED) is 0.106. The number of pyridine rings is 1. The summed E-state index contributed by atoms with van der Waals surface area (Å²) >= 11 is 0. The number of aliphatic imine (C=N–C) groups is 1. The van der Waals surface area contributed by atoms with Crippen LogP contribution in [0.5, 0.6) is 5.75 Å². The number of sulfonamides is 1. The first kappa shape index (κ1) is 27.9. The maximum atomic E-state index is 12.7. The Balaban J connectivity index is 2.20. The summed E-state index contributed by atoms with van der Waals surface area (Å²) in [6, 6.07) is 6.25. The second kappa shape index (κ2) is 11.9. The van der Waals surface area contributed by atoms with Gasteiger partial charge in [-0.3, -0.25) is 24.1 Å². The molecule has 0 aliphatic carbocycles. The summed E-state index contributed by atoms with van der Waals surface area (Å²) in [5, 5.41) is 2.27. The minimum atomic E-state index is -5.15. The van der Waals surface area contributed by atoms with Crippen molar-refractivity contribution in [2.24, 2.45) is 16.5 Å². The number of para-hydroxylation sites is 1. The van der Waals surface area contributed by atoms with Gasteiger partial charge in [-0.2, -0.15) is 0 Å². The van der Waals surface area contributed by atoms with E-state index < -0.39 is 50.7 Å². The van der Waals surface area contributed by atoms with Crippen LogP contribution >= 0.6 is 0 Å². The molecule has 12 nitrogen and oxygen atoms in total. The highest BCUT2D eigenvalue weighted by molar-refractivity contribution is 7.92. The Bertz CT molecular complexity index is 1330. The van der Waals surface area contributed by atoms with Gasteiger partial charge in [0.2, 0.25) is 5.91 Å². The standard InChI is InChI=1S/C20H21F3N6O6S/c21-20(22,23)35-15-7-1-2-8-16(15)36(33,34)28-14-6-4-10-29(18(14)32)11-17(31)27-13(12-30)5-3-9-26-19(24)25/h1-2,4-8,10,12,28H,3,9,11H2,(H,27,31)(H4,24,25,26)/b13-5+. The Morgan fingerprint density at radius 3 is 2.50 bits per heavy atom. The lowest BCUT2D eigenvalue weighted by Gasteiger charge is -2.15. The summed E-state index contributed by atoms with van der Waals surface area (Å²) in [7, 11) is -4.70. The molecule has 0 unspecified atom stereocenters. The van der Waals surface area contributed by atoms with Crippen LogP contribution in [0.3, 0.4) is 0 Å². The molecule has 1 aromatic carbocycles. The number of benzene rings is 1. The highest BCUT2D eigenvalue weighted by atomic mass is 32.2. The SMILES string of the molecule is NC(N)=NCC/C=C(\C=O)NC(=O)Cn1cccc(NS(=O)(=O)c2ccccc2OC(F)(F)F)c1=O. The number of hydrogen-bond acceptors (Lipinski definition) is 7. The van der Waals surface area contributed by atoms with Gasteiger partial charge in [-0.25, -0.2) is 8.42 Å². The van der Waals surface area contributed by atoms with Crippen molar-refractivity contribution in [3.63, 3.8) is 0 Å². The molecule has 1 heterocycles. The lowest BCUT2D eigenvalue weighted by Crippen LogP contribution is -2.33. The third-order valence-corrected chi connectivity index (χ3v) is 5.55. The number of guanidine groups is 1. The number of nitrogens with zero attached hydrogens (tertiary/aromatic N) is 2. The van der Waals surface area contributed by atoms with Gasteiger partial charge in [0.15, 0.2) is 12.2 Å². The number of nitrogens with two attached hydrogens (primary N) is 2. The Labute approximate surface area is 202 Å². The molecule has 194 valence electrons. The van der Waals surface area contributed by atoms with E-state index >= 15 is 0 Å². The predicted molar refractivity (Wildman–Crippen MR) is 122 cm³/mol. The van der Waals surface area contributed by atoms with Crippen LogP contribution in [-0.4, -0.2) is 44.0 Å². The lowest BCUT2D eigenvalue weighted by atomic mass is 10.3. The Morgan fingerprint density at radius 1 is 1.17 bits per heavy atom. The summed E-state index contributed by atoms with van der Waals surface area (Å²) < 4.78 is 69.8. The van der Waals surface area contributed by atoms with Crippen molar-refractivity contribution in [3.8, 4) is 5.75 Å². The molecule has 0 radical (unpaired) electrons. The third-order valence-electron chi connectivity index (χ3n) is 4.14. The molecule has 2 rings (SSSR count). The highest BCUT2D eigenvalue weighted by Gasteiger charge is 2.34. The summed E-state index contributed by atoms with van der Waals surface area (Å²) in [5.41, 5.74) is 8.72. The zero-order valence-corrected chi connectivity index (χ0v) is 19.2. The van der Waals surface area contributed by atoms with Gasteiger partial charge in [0.05, 0.1) is 5.70 Å². The maximum absolute atomic E-state index is 12.7. The fraction of sp³-hybridized carbons (Fsp3) is 0.200. The second-order valence-corrected chi connectivity index (χ2v) is 8.53. The van der Waals surface area contributed by atoms with E-state index in [-0.39, 0.29) is 24.6 Å². The number of anilines is 1. The lowest BCUT2D eigenvalue weighted by molar-refractivity contribution is -0.275. The molecule has 1 amide bonds. The van der Waals surface area contributed by atoms with E-state index in [0.29, 0.717) is 6.29 Å². The van der Waals surface area contributed by atoms with Crippen LogP contribution in [0.15, 0.2) is 69.1 Å². The van der Waals surface area contributed by atoms with E-state index in [9.17, 15) is 36.0 Å². The minimum absolute atomic E-state index is 0.114. The molecule has 6 N–H and O–H groups in total. The van der Waals surface area contributed by atoms with Crippen LogP contribution in [0.1, 0.15) is 6.42 Å². The number of alkyl halides is 3. The zero-order chi connectivity index (χ0) is 26.9. The Morgan fingerprint density at radius 2 is 1.86 bits per heavy atom. The molecular weight excluding hydrogens is 509 g/mol. The number of halogens is 3. The van der Waals surface area contributed by atoms with E-state index in [1.165, 1.54) is 24.4 Å². The largest absolute Gasteiger partial charge is 0.573 e. The Kier molecular flexibility index (Phi) is 9.20. The van der Waals surface area contributed by atoms with E-state index in [2.05, 4.69) is 15.0 Å². The number of aldehydes is 1. The molecular formula is C20H21F3N6O6S. The van der Waals surface area contributed by atoms with Gasteiger partial charge in [-0.15, -0.1) is 13.2 Å². The van der Waals surface area contributed by atoms with Crippen LogP contribution in [0, 0.1) is 0 Å². The summed E-state index contributed by atoms with van der Waals surface area (Å²) in [6.45, 7) is -0.449. The van der Waals surface area contributed by atoms with Gasteiger partial charge in [-0.1, -0.05) is 18.2 Å². The topological polar surface area (TPSA) is 188 Å². The van der Waals surface area contributed by atoms with Crippen LogP contribution < -0.4 is 31.8 Å². The van der Waals surface area contributed by atoms with Crippen LogP contribution in [0.25, 0.3) is 0 Å². The molecule has 0 spiro atoms. The number of allylic oxidation sites excluding steroid dienone is 1. The predicted octanol–water partition coefficient (Wildman–Crippen LogP) is 0.410. The molecule has 0 atom stereocenters. The molecule has 36 heavy (non-hydrogen) atoms. The second-order valence-electron chi connectivity index (χ2n) is 6.88. The highest BCUT2D eigenvalue weighted by Crippen LogP contribution is 2.30. The fourth-order valence-electron chi connectivity index (χ4n) is 2.72. The van der Waals surface area contributed by atoms with Crippen LogP contribution in [0.2, 0.25) is 0 Å². The van der Waals surface area contributed by atoms with Crippen molar-refractivity contribution in [3.05, 3.63) is 64.7 Å². The average molecular weight is 530 g/mol. The van der Waals surface area contributed by atoms with E-state index in [0.717, 1.165) is 28.8 Å². The summed E-state index contributed by atoms with van der Waals surface area (Å²) in [6.07, 6.45) is -2.04. The van der Waals surface area contributed by atoms with Crippen molar-refractivity contribution in [1.82, 2.24) is 9.88 Å². The zero-order valence-electron chi connectivity index (χ0n) is 18.4. The van der Waals surface area contributed by atoms with E-state index in [4.69, 9.17) is 11.5 Å². The van der Waals surface area contributed by atoms with Crippen LogP contribution in [-0.2, 0) is 26.2 Å². The van der Waals surface area contributed by atoms with Crippen molar-refractivity contribution < 1.29 is 35.9 Å². The van der Waals surface area contributed by atoms with Gasteiger partial charge in [0, 0.05) is 12.7 Å². The first-order valence-corrected chi connectivity index (χ1v) is 11.4. The van der Waals surface area contributed by atoms with Gasteiger partial charge >= 0.3 is 6.36 Å². The molecule has 0 bridgehead atoms. The molecule has 2 aromatic rings. The van der Waals surface area contributed by atoms with Crippen molar-refractivity contribution >= 4 is 33.9 Å². The molecule has 0 saturated carbocycles. The smallest absolute Gasteiger partial charge is 0.404 e. The van der Waals surface area contributed by atoms with Gasteiger partial charge < -0.3 is 26.1 Å². The van der Waals surface area contributed by atoms with Crippen LogP contribution in [0.4, 0.5) is 18.9 Å². The van der Waals surface area contributed by atoms with Gasteiger partial charge in [0.1, 0.15) is 22.9 Å². The van der Waals surface area contributed by atoms with Crippen molar-refractivity contribution in [2.45, 2.75) is 24.2 Å². The fourth-order valence-corrected chi connectivity index (χ4v) is 3.90. The number of ether oxygens (including phenoxy) is 1. The maximum Gasteiger partial charge on any atom is 0.573 e. The third kappa shape index (κ3) is 8.46. The molecule has 16 heteroatoms. The normalized spacial score (nSPS) is 11.9. The number of carbonyl (C=O) groups excluding carboxylic acids is 2. The van der Waals surface area contributed by atoms with Crippen molar-refractivity contribution in [1.29, 1.82) is 0 Å². The first-order valence-electron chi connectivity index (χ1n) is 9.90. The number of nitrogens with one attached hydrogen (secondary N) is 2. The van der Waals surface area contributed by atoms with E-state index in [1.54, 1.807) is 0 Å². The van der Waals surface area contributed by atoms with Gasteiger partial charge in [0.25, 0.3) is 15.6 Å². The van der Waals surface area contributed by atoms with Gasteiger partial charge in [-0.05, 0) is 30.7 Å². The minimum Gasteiger partial charge on any atom is -0.404 e. The molecule has 1 aromatic heterocycles. The summed E-state index contributed by atoms with van der Waals surface area (Å²) in [4.78, 5) is 38.9. The molecule has 0 aliphatic heterocycles. The number of carbonyl (C=O) groups is 2. The first-order chi connectivity index (χ1) is 16.8. The monoisotopic (exact) mass is 530 g/mol. The number of rotatable bonds is 11. The molecule has 0 fully saturated rings. The molecule has 0 aliphatic rings. The summed E-state index contributed by atoms with van der Waals surface area (Å²) in [5.74, 6) is -1.94. The van der Waals surface area contributed by atoms with E-state index in [1.807, 2.05) is 4.72 Å². The number of aromatic nitrogens is 1. The molecule has 0 saturated heterocycles. The average Bonchev–Trinajstić information content (AvgIpc) is 2.77.